The van der Waals surface area contributed by atoms with Crippen LogP contribution >= 0.6 is 23.4 Å². The Morgan fingerprint density at radius 1 is 1.15 bits per heavy atom. The molecule has 0 unspecified atom stereocenters. The molecule has 2 aromatic carbocycles. The monoisotopic (exact) mass is 387 g/mol. The third-order valence-corrected chi connectivity index (χ3v) is 4.99. The molecule has 1 fully saturated rings. The molecule has 7 heteroatoms. The summed E-state index contributed by atoms with van der Waals surface area (Å²) in [7, 11) is 3.93. The highest BCUT2D eigenvalue weighted by Crippen LogP contribution is 2.32. The van der Waals surface area contributed by atoms with Gasteiger partial charge in [0, 0.05) is 30.5 Å². The van der Waals surface area contributed by atoms with Crippen LogP contribution in [0.3, 0.4) is 0 Å². The molecule has 0 aliphatic carbocycles. The minimum Gasteiger partial charge on any atom is -0.378 e. The number of benzene rings is 2. The van der Waals surface area contributed by atoms with Crippen LogP contribution in [0.1, 0.15) is 5.56 Å². The van der Waals surface area contributed by atoms with Crippen LogP contribution in [0.25, 0.3) is 6.08 Å². The van der Waals surface area contributed by atoms with E-state index < -0.39 is 0 Å². The Balaban J connectivity index is 1.69. The first kappa shape index (κ1) is 18.4. The van der Waals surface area contributed by atoms with Crippen LogP contribution < -0.4 is 10.2 Å². The second-order valence-corrected chi connectivity index (χ2v) is 7.37. The Morgan fingerprint density at radius 3 is 2.54 bits per heavy atom. The molecular weight excluding hydrogens is 370 g/mol. The SMILES string of the molecule is CN(C)c1ccc(/C=C2/SC(=O)N(CNc3cccc(Cl)c3)C2=O)cc1. The standard InChI is InChI=1S/C19H18ClN3O2S/c1-22(2)16-8-6-13(7-9-16)10-17-18(24)23(19(25)26-17)12-21-15-5-3-4-14(20)11-15/h3-11,21H,12H2,1-2H3/b17-10+. The number of halogens is 1. The largest absolute Gasteiger partial charge is 0.378 e. The minimum absolute atomic E-state index is 0.0991. The number of carbonyl (C=O) groups is 2. The number of thioether (sulfide) groups is 1. The highest BCUT2D eigenvalue weighted by Gasteiger charge is 2.34. The lowest BCUT2D eigenvalue weighted by molar-refractivity contribution is -0.122. The van der Waals surface area contributed by atoms with E-state index in [-0.39, 0.29) is 17.8 Å². The van der Waals surface area contributed by atoms with Crippen molar-refractivity contribution in [2.45, 2.75) is 0 Å². The summed E-state index contributed by atoms with van der Waals surface area (Å²) in [6.07, 6.45) is 1.74. The van der Waals surface area contributed by atoms with E-state index in [4.69, 9.17) is 11.6 Å². The summed E-state index contributed by atoms with van der Waals surface area (Å²) in [5, 5.41) is 3.34. The molecule has 26 heavy (non-hydrogen) atoms. The smallest absolute Gasteiger partial charge is 0.295 e. The van der Waals surface area contributed by atoms with Gasteiger partial charge in [-0.15, -0.1) is 0 Å². The van der Waals surface area contributed by atoms with Crippen LogP contribution in [0.15, 0.2) is 53.4 Å². The van der Waals surface area contributed by atoms with Crippen molar-refractivity contribution < 1.29 is 9.59 Å². The molecule has 0 aromatic heterocycles. The number of hydrogen-bond donors (Lipinski definition) is 1. The van der Waals surface area contributed by atoms with Gasteiger partial charge in [-0.3, -0.25) is 14.5 Å². The summed E-state index contributed by atoms with van der Waals surface area (Å²) in [4.78, 5) is 28.3. The van der Waals surface area contributed by atoms with Gasteiger partial charge in [0.1, 0.15) is 0 Å². The third-order valence-electron chi connectivity index (χ3n) is 3.85. The van der Waals surface area contributed by atoms with E-state index in [1.54, 1.807) is 24.3 Å². The van der Waals surface area contributed by atoms with Gasteiger partial charge in [-0.1, -0.05) is 29.8 Å². The Bertz CT molecular complexity index is 865. The first-order valence-corrected chi connectivity index (χ1v) is 9.16. The zero-order valence-electron chi connectivity index (χ0n) is 14.4. The van der Waals surface area contributed by atoms with Crippen molar-refractivity contribution in [3.05, 3.63) is 64.0 Å². The fourth-order valence-electron chi connectivity index (χ4n) is 2.43. The topological polar surface area (TPSA) is 52.7 Å². The van der Waals surface area contributed by atoms with Gasteiger partial charge in [-0.2, -0.15) is 0 Å². The first-order chi connectivity index (χ1) is 12.4. The van der Waals surface area contributed by atoms with Crippen LogP contribution in [0.2, 0.25) is 5.02 Å². The normalized spacial score (nSPS) is 15.7. The average molecular weight is 388 g/mol. The Labute approximate surface area is 161 Å². The Morgan fingerprint density at radius 2 is 1.88 bits per heavy atom. The Kier molecular flexibility index (Phi) is 5.54. The molecular formula is C19H18ClN3O2S. The summed E-state index contributed by atoms with van der Waals surface area (Å²) < 4.78 is 0. The first-order valence-electron chi connectivity index (χ1n) is 7.96. The lowest BCUT2D eigenvalue weighted by atomic mass is 10.2. The molecule has 1 aliphatic heterocycles. The maximum Gasteiger partial charge on any atom is 0.295 e. The van der Waals surface area contributed by atoms with Crippen LogP contribution in [0.5, 0.6) is 0 Å². The highest BCUT2D eigenvalue weighted by molar-refractivity contribution is 8.18. The summed E-state index contributed by atoms with van der Waals surface area (Å²) in [6, 6.07) is 14.9. The quantitative estimate of drug-likeness (QED) is 0.765. The highest BCUT2D eigenvalue weighted by atomic mass is 35.5. The summed E-state index contributed by atoms with van der Waals surface area (Å²) >= 11 is 6.89. The molecule has 2 aromatic rings. The molecule has 0 saturated carbocycles. The van der Waals surface area contributed by atoms with Gasteiger partial charge >= 0.3 is 0 Å². The number of rotatable bonds is 5. The molecule has 1 aliphatic rings. The lowest BCUT2D eigenvalue weighted by Gasteiger charge is -2.14. The van der Waals surface area contributed by atoms with Gasteiger partial charge in [0.15, 0.2) is 0 Å². The van der Waals surface area contributed by atoms with E-state index in [0.29, 0.717) is 9.93 Å². The molecule has 0 spiro atoms. The van der Waals surface area contributed by atoms with Crippen molar-refractivity contribution in [1.29, 1.82) is 0 Å². The van der Waals surface area contributed by atoms with Crippen LogP contribution in [-0.4, -0.2) is 36.8 Å². The van der Waals surface area contributed by atoms with Gasteiger partial charge in [-0.25, -0.2) is 0 Å². The van der Waals surface area contributed by atoms with E-state index in [0.717, 1.165) is 28.7 Å². The number of amides is 2. The number of nitrogens with zero attached hydrogens (tertiary/aromatic N) is 2. The fraction of sp³-hybridized carbons (Fsp3) is 0.158. The third kappa shape index (κ3) is 4.20. The predicted octanol–water partition coefficient (Wildman–Crippen LogP) is 4.51. The summed E-state index contributed by atoms with van der Waals surface area (Å²) in [5.74, 6) is -0.300. The number of hydrogen-bond acceptors (Lipinski definition) is 5. The number of anilines is 2. The summed E-state index contributed by atoms with van der Waals surface area (Å²) in [5.41, 5.74) is 2.70. The van der Waals surface area contributed by atoms with E-state index >= 15 is 0 Å². The van der Waals surface area contributed by atoms with Gasteiger partial charge in [0.2, 0.25) is 0 Å². The van der Waals surface area contributed by atoms with Gasteiger partial charge in [0.25, 0.3) is 11.1 Å². The van der Waals surface area contributed by atoms with Crippen molar-refractivity contribution in [2.24, 2.45) is 0 Å². The molecule has 1 N–H and O–H groups in total. The zero-order valence-corrected chi connectivity index (χ0v) is 16.0. The number of nitrogens with one attached hydrogen (secondary N) is 1. The second kappa shape index (κ2) is 7.85. The van der Waals surface area contributed by atoms with Crippen molar-refractivity contribution in [1.82, 2.24) is 4.90 Å². The minimum atomic E-state index is -0.300. The van der Waals surface area contributed by atoms with Crippen LogP contribution in [0, 0.1) is 0 Å². The van der Waals surface area contributed by atoms with Crippen molar-refractivity contribution >= 4 is 52.0 Å². The maximum atomic E-state index is 12.5. The molecule has 1 saturated heterocycles. The molecule has 5 nitrogen and oxygen atoms in total. The molecule has 0 radical (unpaired) electrons. The molecule has 0 atom stereocenters. The molecule has 3 rings (SSSR count). The van der Waals surface area contributed by atoms with E-state index in [9.17, 15) is 9.59 Å². The zero-order chi connectivity index (χ0) is 18.7. The Hall–Kier alpha value is -2.44. The van der Waals surface area contributed by atoms with Gasteiger partial charge in [0.05, 0.1) is 11.6 Å². The number of imide groups is 1. The van der Waals surface area contributed by atoms with Crippen molar-refractivity contribution in [3.8, 4) is 0 Å². The molecule has 2 amide bonds. The fourth-order valence-corrected chi connectivity index (χ4v) is 3.45. The lowest BCUT2D eigenvalue weighted by Crippen LogP contribution is -2.33. The van der Waals surface area contributed by atoms with E-state index in [1.807, 2.05) is 49.3 Å². The maximum absolute atomic E-state index is 12.5. The van der Waals surface area contributed by atoms with Crippen molar-refractivity contribution in [3.63, 3.8) is 0 Å². The van der Waals surface area contributed by atoms with Gasteiger partial charge < -0.3 is 10.2 Å². The molecule has 0 bridgehead atoms. The van der Waals surface area contributed by atoms with Gasteiger partial charge in [-0.05, 0) is 53.7 Å². The van der Waals surface area contributed by atoms with E-state index in [1.165, 1.54) is 4.90 Å². The summed E-state index contributed by atoms with van der Waals surface area (Å²) in [6.45, 7) is 0.0991. The van der Waals surface area contributed by atoms with Crippen LogP contribution in [0.4, 0.5) is 16.2 Å². The predicted molar refractivity (Wildman–Crippen MR) is 109 cm³/mol. The molecule has 1 heterocycles. The van der Waals surface area contributed by atoms with Crippen LogP contribution in [-0.2, 0) is 4.79 Å². The average Bonchev–Trinajstić information content (AvgIpc) is 2.87. The van der Waals surface area contributed by atoms with E-state index in [2.05, 4.69) is 5.32 Å². The molecule has 134 valence electrons. The van der Waals surface area contributed by atoms with Crippen molar-refractivity contribution in [2.75, 3.05) is 31.0 Å². The number of carbonyl (C=O) groups excluding carboxylic acids is 2. The second-order valence-electron chi connectivity index (χ2n) is 5.94.